The van der Waals surface area contributed by atoms with Crippen molar-refractivity contribution in [3.8, 4) is 0 Å². The zero-order valence-corrected chi connectivity index (χ0v) is 10.2. The predicted octanol–water partition coefficient (Wildman–Crippen LogP) is 2.59. The third-order valence-electron chi connectivity index (χ3n) is 3.90. The molecule has 0 amide bonds. The van der Waals surface area contributed by atoms with Gasteiger partial charge in [-0.3, -0.25) is 9.59 Å². The zero-order valence-electron chi connectivity index (χ0n) is 10.2. The lowest BCUT2D eigenvalue weighted by Gasteiger charge is -2.27. The fraction of sp³-hybridized carbons (Fsp3) is 0.786. The van der Waals surface area contributed by atoms with E-state index in [1.54, 1.807) is 0 Å². The highest BCUT2D eigenvalue weighted by atomic mass is 16.5. The molecule has 0 aromatic rings. The van der Waals surface area contributed by atoms with E-state index in [4.69, 9.17) is 4.74 Å². The third-order valence-corrected chi connectivity index (χ3v) is 3.90. The number of carbonyl (C=O) groups excluding carboxylic acids is 2. The monoisotopic (exact) mass is 236 g/mol. The lowest BCUT2D eigenvalue weighted by atomic mass is 9.83. The molecule has 0 aromatic heterocycles. The average molecular weight is 236 g/mol. The summed E-state index contributed by atoms with van der Waals surface area (Å²) in [6, 6.07) is 0. The Kier molecular flexibility index (Phi) is 4.57. The Balaban J connectivity index is 1.74. The van der Waals surface area contributed by atoms with Gasteiger partial charge >= 0.3 is 5.97 Å². The van der Waals surface area contributed by atoms with Crippen LogP contribution in [0.25, 0.3) is 0 Å². The van der Waals surface area contributed by atoms with Crippen LogP contribution in [0, 0.1) is 18.3 Å². The Labute approximate surface area is 103 Å². The molecule has 2 aliphatic carbocycles. The summed E-state index contributed by atoms with van der Waals surface area (Å²) in [5.41, 5.74) is 0. The van der Waals surface area contributed by atoms with Gasteiger partial charge in [-0.2, -0.15) is 0 Å². The van der Waals surface area contributed by atoms with Crippen molar-refractivity contribution in [1.29, 1.82) is 0 Å². The number of esters is 1. The first-order chi connectivity index (χ1) is 8.29. The van der Waals surface area contributed by atoms with Crippen LogP contribution in [0.3, 0.4) is 0 Å². The highest BCUT2D eigenvalue weighted by molar-refractivity contribution is 5.73. The van der Waals surface area contributed by atoms with Gasteiger partial charge < -0.3 is 4.74 Å². The normalized spacial score (nSPS) is 30.8. The fourth-order valence-electron chi connectivity index (χ4n) is 2.72. The van der Waals surface area contributed by atoms with Crippen LogP contribution >= 0.6 is 0 Å². The summed E-state index contributed by atoms with van der Waals surface area (Å²) < 4.78 is 5.54. The van der Waals surface area contributed by atoms with E-state index in [9.17, 15) is 9.59 Å². The summed E-state index contributed by atoms with van der Waals surface area (Å²) in [4.78, 5) is 22.4. The zero-order chi connectivity index (χ0) is 12.1. The Bertz CT molecular complexity index is 261. The highest BCUT2D eigenvalue weighted by Gasteiger charge is 2.29. The van der Waals surface area contributed by atoms with Crippen LogP contribution in [-0.2, 0) is 14.3 Å². The molecule has 94 valence electrons. The molecule has 0 aliphatic heterocycles. The summed E-state index contributed by atoms with van der Waals surface area (Å²) in [6.45, 7) is 0. The second kappa shape index (κ2) is 6.18. The van der Waals surface area contributed by atoms with Gasteiger partial charge in [0, 0.05) is 5.92 Å². The summed E-state index contributed by atoms with van der Waals surface area (Å²) in [6.07, 6.45) is 11.7. The van der Waals surface area contributed by atoms with E-state index in [0.29, 0.717) is 0 Å². The minimum atomic E-state index is -0.0405. The van der Waals surface area contributed by atoms with Crippen LogP contribution < -0.4 is 0 Å². The summed E-state index contributed by atoms with van der Waals surface area (Å²) in [7, 11) is 0. The van der Waals surface area contributed by atoms with E-state index in [1.807, 2.05) is 6.29 Å². The van der Waals surface area contributed by atoms with E-state index in [2.05, 4.69) is 6.42 Å². The average Bonchev–Trinajstić information content (AvgIpc) is 2.40. The molecule has 2 aliphatic rings. The van der Waals surface area contributed by atoms with Gasteiger partial charge in [-0.15, -0.1) is 0 Å². The molecule has 0 heterocycles. The number of ether oxygens (including phenoxy) is 1. The van der Waals surface area contributed by atoms with Gasteiger partial charge in [-0.1, -0.05) is 0 Å². The van der Waals surface area contributed by atoms with Crippen LogP contribution in [0.4, 0.5) is 0 Å². The molecule has 2 saturated carbocycles. The highest BCUT2D eigenvalue weighted by Crippen LogP contribution is 2.30. The quantitative estimate of drug-likeness (QED) is 0.707. The maximum absolute atomic E-state index is 11.9. The van der Waals surface area contributed by atoms with Crippen molar-refractivity contribution < 1.29 is 14.3 Å². The summed E-state index contributed by atoms with van der Waals surface area (Å²) in [5, 5.41) is 0. The topological polar surface area (TPSA) is 43.4 Å². The molecule has 0 N–H and O–H groups in total. The third kappa shape index (κ3) is 3.55. The molecule has 0 unspecified atom stereocenters. The van der Waals surface area contributed by atoms with Crippen molar-refractivity contribution in [1.82, 2.24) is 0 Å². The Morgan fingerprint density at radius 2 is 1.71 bits per heavy atom. The second-order valence-corrected chi connectivity index (χ2v) is 5.17. The molecule has 2 rings (SSSR count). The lowest BCUT2D eigenvalue weighted by molar-refractivity contribution is -0.156. The lowest BCUT2D eigenvalue weighted by Crippen LogP contribution is -2.29. The van der Waals surface area contributed by atoms with Crippen LogP contribution in [-0.4, -0.2) is 18.4 Å². The van der Waals surface area contributed by atoms with Gasteiger partial charge in [0.15, 0.2) is 0 Å². The molecule has 0 spiro atoms. The molecule has 17 heavy (non-hydrogen) atoms. The molecule has 3 heteroatoms. The Morgan fingerprint density at radius 3 is 2.29 bits per heavy atom. The van der Waals surface area contributed by atoms with Gasteiger partial charge in [0.2, 0.25) is 6.29 Å². The second-order valence-electron chi connectivity index (χ2n) is 5.17. The molecule has 0 atom stereocenters. The van der Waals surface area contributed by atoms with E-state index in [-0.39, 0.29) is 23.9 Å². The van der Waals surface area contributed by atoms with Crippen molar-refractivity contribution >= 4 is 12.3 Å². The largest absolute Gasteiger partial charge is 0.462 e. The molecule has 0 aromatic carbocycles. The number of carbonyl (C=O) groups is 1. The van der Waals surface area contributed by atoms with Crippen LogP contribution in [0.5, 0.6) is 0 Å². The maximum Gasteiger partial charge on any atom is 0.309 e. The molecule has 3 nitrogen and oxygen atoms in total. The standard InChI is InChI=1S/C14H20O3/c15-10-11-6-8-12(9-7-11)14(16)17-13-4-2-1-3-5-13/h1,11-13H,2-9H2/t11-,12-. The Morgan fingerprint density at radius 1 is 1.06 bits per heavy atom. The molecular formula is C14H20O3. The van der Waals surface area contributed by atoms with Gasteiger partial charge in [-0.25, -0.2) is 0 Å². The van der Waals surface area contributed by atoms with Gasteiger partial charge in [-0.05, 0) is 57.8 Å². The first kappa shape index (κ1) is 12.6. The predicted molar refractivity (Wildman–Crippen MR) is 63.8 cm³/mol. The van der Waals surface area contributed by atoms with Crippen molar-refractivity contribution in [2.75, 3.05) is 0 Å². The number of hydrogen-bond acceptors (Lipinski definition) is 3. The van der Waals surface area contributed by atoms with Gasteiger partial charge in [0.25, 0.3) is 0 Å². The first-order valence-corrected chi connectivity index (χ1v) is 6.69. The van der Waals surface area contributed by atoms with Crippen molar-refractivity contribution in [3.05, 3.63) is 6.42 Å². The molecule has 2 fully saturated rings. The number of hydrogen-bond donors (Lipinski definition) is 0. The van der Waals surface area contributed by atoms with E-state index >= 15 is 0 Å². The molecule has 0 bridgehead atoms. The minimum Gasteiger partial charge on any atom is -0.462 e. The van der Waals surface area contributed by atoms with Crippen LogP contribution in [0.1, 0.15) is 51.4 Å². The molecular weight excluding hydrogens is 216 g/mol. The van der Waals surface area contributed by atoms with Gasteiger partial charge in [0.1, 0.15) is 6.10 Å². The smallest absolute Gasteiger partial charge is 0.309 e. The summed E-state index contributed by atoms with van der Waals surface area (Å²) >= 11 is 0. The molecule has 2 radical (unpaired) electrons. The van der Waals surface area contributed by atoms with Gasteiger partial charge in [0.05, 0.1) is 5.92 Å². The fourth-order valence-corrected chi connectivity index (χ4v) is 2.72. The SMILES string of the molecule is O=[C][C@H]1CC[C@H](C(=O)OC2CC[CH]CC2)CC1. The van der Waals surface area contributed by atoms with E-state index in [1.165, 1.54) is 0 Å². The maximum atomic E-state index is 11.9. The van der Waals surface area contributed by atoms with E-state index < -0.39 is 0 Å². The number of rotatable bonds is 3. The van der Waals surface area contributed by atoms with E-state index in [0.717, 1.165) is 51.4 Å². The van der Waals surface area contributed by atoms with Crippen molar-refractivity contribution in [2.24, 2.45) is 11.8 Å². The van der Waals surface area contributed by atoms with Crippen LogP contribution in [0.15, 0.2) is 0 Å². The molecule has 0 saturated heterocycles. The van der Waals surface area contributed by atoms with Crippen molar-refractivity contribution in [3.63, 3.8) is 0 Å². The minimum absolute atomic E-state index is 0.0190. The van der Waals surface area contributed by atoms with Crippen LogP contribution in [0.2, 0.25) is 0 Å². The Hall–Kier alpha value is -0.860. The van der Waals surface area contributed by atoms with Crippen molar-refractivity contribution in [2.45, 2.75) is 57.5 Å². The first-order valence-electron chi connectivity index (χ1n) is 6.69. The summed E-state index contributed by atoms with van der Waals surface area (Å²) in [5.74, 6) is 0.0232.